The first-order valence-corrected chi connectivity index (χ1v) is 7.80. The van der Waals surface area contributed by atoms with Crippen LogP contribution >= 0.6 is 27.3 Å². The maximum absolute atomic E-state index is 5.76. The number of rotatable bonds is 4. The van der Waals surface area contributed by atoms with Gasteiger partial charge in [-0.3, -0.25) is 16.2 Å². The van der Waals surface area contributed by atoms with Crippen molar-refractivity contribution in [1.82, 2.24) is 15.2 Å². The summed E-state index contributed by atoms with van der Waals surface area (Å²) in [7, 11) is 4.36. The predicted octanol–water partition coefficient (Wildman–Crippen LogP) is 1.13. The maximum Gasteiger partial charge on any atom is 0.0701 e. The minimum absolute atomic E-state index is 0.295. The summed E-state index contributed by atoms with van der Waals surface area (Å²) in [6.07, 6.45) is 0.982. The zero-order valence-corrected chi connectivity index (χ0v) is 13.3. The largest absolute Gasteiger partial charge is 0.303 e. The molecule has 6 heteroatoms. The van der Waals surface area contributed by atoms with Crippen LogP contribution in [0.3, 0.4) is 0 Å². The van der Waals surface area contributed by atoms with Crippen LogP contribution in [0.1, 0.15) is 4.88 Å². The molecule has 4 nitrogen and oxygen atoms in total. The number of hydrazine groups is 1. The quantitative estimate of drug-likeness (QED) is 0.641. The summed E-state index contributed by atoms with van der Waals surface area (Å²) in [6, 6.07) is 5.04. The molecule has 1 saturated heterocycles. The van der Waals surface area contributed by atoms with Crippen molar-refractivity contribution in [3.05, 3.63) is 20.8 Å². The van der Waals surface area contributed by atoms with Gasteiger partial charge in [0.1, 0.15) is 0 Å². The Labute approximate surface area is 121 Å². The summed E-state index contributed by atoms with van der Waals surface area (Å²) in [5.74, 6) is 5.76. The van der Waals surface area contributed by atoms with Crippen molar-refractivity contribution in [2.75, 3.05) is 33.7 Å². The minimum atomic E-state index is 0.295. The first-order valence-electron chi connectivity index (χ1n) is 6.19. The van der Waals surface area contributed by atoms with E-state index in [0.29, 0.717) is 12.1 Å². The summed E-state index contributed by atoms with van der Waals surface area (Å²) in [5, 5.41) is 0. The third-order valence-electron chi connectivity index (χ3n) is 3.63. The molecule has 1 aromatic rings. The molecule has 0 saturated carbocycles. The molecule has 102 valence electrons. The zero-order chi connectivity index (χ0) is 13.1. The molecule has 0 bridgehead atoms. The average molecular weight is 333 g/mol. The van der Waals surface area contributed by atoms with Gasteiger partial charge < -0.3 is 4.90 Å². The van der Waals surface area contributed by atoms with Gasteiger partial charge in [-0.15, -0.1) is 11.3 Å². The molecular weight excluding hydrogens is 312 g/mol. The molecule has 3 N–H and O–H groups in total. The zero-order valence-electron chi connectivity index (χ0n) is 10.9. The van der Waals surface area contributed by atoms with E-state index in [-0.39, 0.29) is 0 Å². The molecule has 1 aliphatic rings. The highest BCUT2D eigenvalue weighted by atomic mass is 79.9. The Morgan fingerprint density at radius 2 is 2.28 bits per heavy atom. The van der Waals surface area contributed by atoms with Crippen molar-refractivity contribution in [3.63, 3.8) is 0 Å². The van der Waals surface area contributed by atoms with E-state index < -0.39 is 0 Å². The van der Waals surface area contributed by atoms with E-state index >= 15 is 0 Å². The third-order valence-corrected chi connectivity index (χ3v) is 5.27. The van der Waals surface area contributed by atoms with E-state index in [0.717, 1.165) is 26.1 Å². The molecule has 2 unspecified atom stereocenters. The Morgan fingerprint density at radius 3 is 2.89 bits per heavy atom. The molecule has 2 rings (SSSR count). The number of piperazine rings is 1. The van der Waals surface area contributed by atoms with Crippen molar-refractivity contribution in [1.29, 1.82) is 0 Å². The SMILES string of the molecule is CN1CCN(C)C(C(Cc2ccc(Br)s2)NN)C1. The molecule has 1 aromatic heterocycles. The second kappa shape index (κ2) is 6.45. The van der Waals surface area contributed by atoms with Gasteiger partial charge in [0.2, 0.25) is 0 Å². The van der Waals surface area contributed by atoms with Gasteiger partial charge >= 0.3 is 0 Å². The summed E-state index contributed by atoms with van der Waals surface area (Å²) >= 11 is 5.30. The number of halogens is 1. The van der Waals surface area contributed by atoms with Gasteiger partial charge in [0, 0.05) is 43.0 Å². The molecular formula is C12H21BrN4S. The van der Waals surface area contributed by atoms with Crippen molar-refractivity contribution in [2.45, 2.75) is 18.5 Å². The molecule has 0 spiro atoms. The summed E-state index contributed by atoms with van der Waals surface area (Å²) in [4.78, 5) is 6.15. The van der Waals surface area contributed by atoms with E-state index in [1.54, 1.807) is 11.3 Å². The number of likely N-dealkylation sites (N-methyl/N-ethyl adjacent to an activating group) is 2. The van der Waals surface area contributed by atoms with Crippen LogP contribution in [0.5, 0.6) is 0 Å². The van der Waals surface area contributed by atoms with E-state index in [9.17, 15) is 0 Å². The maximum atomic E-state index is 5.76. The Morgan fingerprint density at radius 1 is 1.50 bits per heavy atom. The monoisotopic (exact) mass is 332 g/mol. The minimum Gasteiger partial charge on any atom is -0.303 e. The molecule has 1 fully saturated rings. The van der Waals surface area contributed by atoms with Crippen molar-refractivity contribution in [3.8, 4) is 0 Å². The fourth-order valence-corrected chi connectivity index (χ4v) is 4.00. The van der Waals surface area contributed by atoms with Crippen molar-refractivity contribution < 1.29 is 0 Å². The molecule has 1 aliphatic heterocycles. The lowest BCUT2D eigenvalue weighted by Crippen LogP contribution is -2.60. The van der Waals surface area contributed by atoms with Gasteiger partial charge in [0.25, 0.3) is 0 Å². The normalized spacial score (nSPS) is 24.3. The molecule has 18 heavy (non-hydrogen) atoms. The van der Waals surface area contributed by atoms with Gasteiger partial charge in [-0.2, -0.15) is 0 Å². The van der Waals surface area contributed by atoms with Crippen LogP contribution in [-0.2, 0) is 6.42 Å². The topological polar surface area (TPSA) is 44.5 Å². The number of nitrogens with one attached hydrogen (secondary N) is 1. The summed E-state index contributed by atoms with van der Waals surface area (Å²) in [5.41, 5.74) is 3.00. The van der Waals surface area contributed by atoms with Gasteiger partial charge in [-0.25, -0.2) is 0 Å². The number of hydrogen-bond donors (Lipinski definition) is 2. The van der Waals surface area contributed by atoms with Gasteiger partial charge in [-0.1, -0.05) is 0 Å². The summed E-state index contributed by atoms with van der Waals surface area (Å²) in [6.45, 7) is 3.31. The molecule has 0 aliphatic carbocycles. The first-order chi connectivity index (χ1) is 8.60. The smallest absolute Gasteiger partial charge is 0.0701 e. The Balaban J connectivity index is 2.02. The molecule has 0 aromatic carbocycles. The lowest BCUT2D eigenvalue weighted by atomic mass is 10.0. The number of thiophene rings is 1. The fraction of sp³-hybridized carbons (Fsp3) is 0.667. The third kappa shape index (κ3) is 3.53. The molecule has 0 radical (unpaired) electrons. The average Bonchev–Trinajstić information content (AvgIpc) is 2.75. The van der Waals surface area contributed by atoms with Gasteiger partial charge in [0.05, 0.1) is 3.79 Å². The van der Waals surface area contributed by atoms with E-state index in [4.69, 9.17) is 5.84 Å². The molecule has 0 amide bonds. The number of hydrogen-bond acceptors (Lipinski definition) is 5. The highest BCUT2D eigenvalue weighted by molar-refractivity contribution is 9.11. The standard InChI is InChI=1S/C12H21BrN4S/c1-16-5-6-17(2)11(8-16)10(15-14)7-9-3-4-12(13)18-9/h3-4,10-11,15H,5-8,14H2,1-2H3. The van der Waals surface area contributed by atoms with Gasteiger partial charge in [0.15, 0.2) is 0 Å². The molecule has 2 atom stereocenters. The van der Waals surface area contributed by atoms with Crippen LogP contribution in [-0.4, -0.2) is 55.6 Å². The van der Waals surface area contributed by atoms with E-state index in [1.165, 1.54) is 8.66 Å². The van der Waals surface area contributed by atoms with Crippen LogP contribution in [0, 0.1) is 0 Å². The highest BCUT2D eigenvalue weighted by Crippen LogP contribution is 2.24. The van der Waals surface area contributed by atoms with Gasteiger partial charge in [-0.05, 0) is 42.2 Å². The lowest BCUT2D eigenvalue weighted by Gasteiger charge is -2.41. The number of nitrogens with zero attached hydrogens (tertiary/aromatic N) is 2. The second-order valence-corrected chi connectivity index (χ2v) is 7.54. The van der Waals surface area contributed by atoms with Crippen LogP contribution in [0.25, 0.3) is 0 Å². The Kier molecular flexibility index (Phi) is 5.17. The Bertz CT molecular complexity index is 384. The Hall–Kier alpha value is 0.0200. The molecule has 2 heterocycles. The fourth-order valence-electron chi connectivity index (χ4n) is 2.46. The van der Waals surface area contributed by atoms with Crippen LogP contribution in [0.4, 0.5) is 0 Å². The number of nitrogens with two attached hydrogens (primary N) is 1. The van der Waals surface area contributed by atoms with Crippen LogP contribution in [0.2, 0.25) is 0 Å². The second-order valence-electron chi connectivity index (χ2n) is 4.99. The van der Waals surface area contributed by atoms with Crippen molar-refractivity contribution >= 4 is 27.3 Å². The lowest BCUT2D eigenvalue weighted by molar-refractivity contribution is 0.0879. The highest BCUT2D eigenvalue weighted by Gasteiger charge is 2.29. The van der Waals surface area contributed by atoms with E-state index in [1.807, 2.05) is 0 Å². The van der Waals surface area contributed by atoms with E-state index in [2.05, 4.69) is 57.4 Å². The van der Waals surface area contributed by atoms with Crippen molar-refractivity contribution in [2.24, 2.45) is 5.84 Å². The van der Waals surface area contributed by atoms with Crippen LogP contribution in [0.15, 0.2) is 15.9 Å². The summed E-state index contributed by atoms with van der Waals surface area (Å²) < 4.78 is 1.18. The first kappa shape index (κ1) is 14.4. The van der Waals surface area contributed by atoms with Crippen LogP contribution < -0.4 is 11.3 Å². The predicted molar refractivity (Wildman–Crippen MR) is 80.7 cm³/mol.